The Morgan fingerprint density at radius 3 is 2.68 bits per heavy atom. The third-order valence-electron chi connectivity index (χ3n) is 3.10. The van der Waals surface area contributed by atoms with E-state index in [2.05, 4.69) is 4.74 Å². The lowest BCUT2D eigenvalue weighted by atomic mass is 10.2. The average Bonchev–Trinajstić information content (AvgIpc) is 3.18. The van der Waals surface area contributed by atoms with E-state index in [9.17, 15) is 28.0 Å². The molecule has 2 rings (SSSR count). The number of carbonyl (C=O) groups is 4. The number of amides is 3. The average molecular weight is 450 g/mol. The summed E-state index contributed by atoms with van der Waals surface area (Å²) in [4.78, 5) is 47.5. The van der Waals surface area contributed by atoms with Gasteiger partial charge in [0.1, 0.15) is 17.8 Å². The molecule has 0 radical (unpaired) electrons. The molecule has 1 aromatic rings. The Kier molecular flexibility index (Phi) is 7.17. The second kappa shape index (κ2) is 9.18. The van der Waals surface area contributed by atoms with Crippen LogP contribution in [0.2, 0.25) is 4.34 Å². The molecule has 0 aromatic carbocycles. The van der Waals surface area contributed by atoms with Gasteiger partial charge in [-0.25, -0.2) is 9.59 Å². The minimum absolute atomic E-state index is 0.163. The van der Waals surface area contributed by atoms with Crippen LogP contribution >= 0.6 is 34.7 Å². The van der Waals surface area contributed by atoms with Gasteiger partial charge in [-0.05, 0) is 23.9 Å². The molecule has 1 aliphatic heterocycles. The summed E-state index contributed by atoms with van der Waals surface area (Å²) in [6, 6.07) is 3.17. The normalized spacial score (nSPS) is 15.6. The van der Waals surface area contributed by atoms with Crippen LogP contribution in [0.15, 0.2) is 23.3 Å². The van der Waals surface area contributed by atoms with Crippen LogP contribution in [0, 0.1) is 12.3 Å². The highest BCUT2D eigenvalue weighted by molar-refractivity contribution is 8.18. The summed E-state index contributed by atoms with van der Waals surface area (Å²) in [7, 11) is 0. The van der Waals surface area contributed by atoms with E-state index in [4.69, 9.17) is 22.8 Å². The maximum absolute atomic E-state index is 13.5. The van der Waals surface area contributed by atoms with Crippen molar-refractivity contribution in [3.8, 4) is 12.3 Å². The molecule has 28 heavy (non-hydrogen) atoms. The molecule has 12 heteroatoms. The number of carbonyl (C=O) groups excluding carboxylic acids is 4. The first kappa shape index (κ1) is 21.9. The highest BCUT2D eigenvalue weighted by atomic mass is 35.5. The third kappa shape index (κ3) is 5.31. The van der Waals surface area contributed by atoms with E-state index >= 15 is 0 Å². The zero-order chi connectivity index (χ0) is 20.9. The van der Waals surface area contributed by atoms with Gasteiger partial charge in [0.15, 0.2) is 0 Å². The molecule has 0 aliphatic carbocycles. The Labute approximate surface area is 170 Å². The highest BCUT2D eigenvalue weighted by Crippen LogP contribution is 2.32. The number of rotatable bonds is 6. The predicted molar refractivity (Wildman–Crippen MR) is 96.5 cm³/mol. The minimum atomic E-state index is -3.86. The van der Waals surface area contributed by atoms with Crippen LogP contribution in [0.5, 0.6) is 0 Å². The SMILES string of the molecule is C#CCCC(F)(F)C(=O)O/C=C1/SC(=O)N(C(=O)OCc2ccc(Cl)s2)C1=O. The first-order valence-electron chi connectivity index (χ1n) is 7.35. The Balaban J connectivity index is 1.98. The maximum atomic E-state index is 13.5. The summed E-state index contributed by atoms with van der Waals surface area (Å²) in [6.45, 7) is -0.229. The standard InChI is InChI=1S/C16H10ClF2NO6S2/c1-2-3-6-16(18,19)13(22)25-8-10-12(21)20(15(24)28-10)14(23)26-7-9-4-5-11(17)27-9/h1,4-5,8H,3,6-7H2/b10-8+. The van der Waals surface area contributed by atoms with Crippen molar-refractivity contribution in [1.82, 2.24) is 4.90 Å². The van der Waals surface area contributed by atoms with Gasteiger partial charge in [-0.2, -0.15) is 13.7 Å². The molecule has 1 aromatic heterocycles. The Morgan fingerprint density at radius 2 is 2.07 bits per heavy atom. The van der Waals surface area contributed by atoms with Crippen LogP contribution in [0.1, 0.15) is 17.7 Å². The van der Waals surface area contributed by atoms with Gasteiger partial charge < -0.3 is 9.47 Å². The molecule has 0 N–H and O–H groups in total. The lowest BCUT2D eigenvalue weighted by Gasteiger charge is -2.12. The van der Waals surface area contributed by atoms with E-state index in [0.717, 1.165) is 11.3 Å². The van der Waals surface area contributed by atoms with E-state index < -0.39 is 40.5 Å². The molecular formula is C16H10ClF2NO6S2. The molecule has 0 spiro atoms. The minimum Gasteiger partial charge on any atom is -0.443 e. The Hall–Kier alpha value is -2.42. The zero-order valence-electron chi connectivity index (χ0n) is 13.8. The number of terminal acetylenes is 1. The number of hydrogen-bond acceptors (Lipinski definition) is 8. The molecule has 7 nitrogen and oxygen atoms in total. The van der Waals surface area contributed by atoms with Gasteiger partial charge in [-0.3, -0.25) is 9.59 Å². The summed E-state index contributed by atoms with van der Waals surface area (Å²) in [5, 5.41) is -1.03. The second-order valence-electron chi connectivity index (χ2n) is 5.06. The Bertz CT molecular complexity index is 892. The van der Waals surface area contributed by atoms with Gasteiger partial charge in [-0.1, -0.05) is 11.6 Å². The van der Waals surface area contributed by atoms with Crippen LogP contribution in [-0.4, -0.2) is 34.0 Å². The van der Waals surface area contributed by atoms with E-state index in [0.29, 0.717) is 15.5 Å². The van der Waals surface area contributed by atoms with Crippen molar-refractivity contribution in [2.45, 2.75) is 25.4 Å². The molecule has 0 atom stereocenters. The highest BCUT2D eigenvalue weighted by Gasteiger charge is 2.43. The number of hydrogen-bond donors (Lipinski definition) is 0. The van der Waals surface area contributed by atoms with E-state index in [1.54, 1.807) is 12.1 Å². The molecule has 148 valence electrons. The van der Waals surface area contributed by atoms with Gasteiger partial charge in [0.05, 0.1) is 4.34 Å². The molecular weight excluding hydrogens is 440 g/mol. The fourth-order valence-corrected chi connectivity index (χ4v) is 3.47. The summed E-state index contributed by atoms with van der Waals surface area (Å²) in [5.41, 5.74) is 0. The fourth-order valence-electron chi connectivity index (χ4n) is 1.76. The molecule has 0 bridgehead atoms. The van der Waals surface area contributed by atoms with Gasteiger partial charge in [0.2, 0.25) is 0 Å². The number of imide groups is 3. The van der Waals surface area contributed by atoms with Crippen molar-refractivity contribution in [2.75, 3.05) is 0 Å². The first-order valence-corrected chi connectivity index (χ1v) is 9.36. The van der Waals surface area contributed by atoms with Crippen LogP contribution in [0.4, 0.5) is 18.4 Å². The van der Waals surface area contributed by atoms with Gasteiger partial charge >= 0.3 is 23.2 Å². The number of thioether (sulfide) groups is 1. The van der Waals surface area contributed by atoms with Crippen LogP contribution < -0.4 is 0 Å². The van der Waals surface area contributed by atoms with Crippen LogP contribution in [0.3, 0.4) is 0 Å². The Morgan fingerprint density at radius 1 is 1.36 bits per heavy atom. The molecule has 1 fully saturated rings. The molecule has 1 saturated heterocycles. The van der Waals surface area contributed by atoms with Crippen LogP contribution in [0.25, 0.3) is 0 Å². The van der Waals surface area contributed by atoms with Crippen molar-refractivity contribution in [3.63, 3.8) is 0 Å². The molecule has 0 unspecified atom stereocenters. The number of thiophene rings is 1. The molecule has 1 aliphatic rings. The molecule has 3 amide bonds. The topological polar surface area (TPSA) is 90.0 Å². The first-order chi connectivity index (χ1) is 13.2. The largest absolute Gasteiger partial charge is 0.443 e. The lowest BCUT2D eigenvalue weighted by Crippen LogP contribution is -2.35. The smallest absolute Gasteiger partial charge is 0.424 e. The zero-order valence-corrected chi connectivity index (χ0v) is 16.2. The van der Waals surface area contributed by atoms with Crippen molar-refractivity contribution in [2.24, 2.45) is 0 Å². The maximum Gasteiger partial charge on any atom is 0.424 e. The van der Waals surface area contributed by atoms with Gasteiger partial charge in [-0.15, -0.1) is 23.7 Å². The number of alkyl halides is 2. The molecule has 2 heterocycles. The summed E-state index contributed by atoms with van der Waals surface area (Å²) in [6.07, 6.45) is 2.70. The second-order valence-corrected chi connectivity index (χ2v) is 7.86. The monoisotopic (exact) mass is 449 g/mol. The van der Waals surface area contributed by atoms with E-state index in [1.807, 2.05) is 5.92 Å². The van der Waals surface area contributed by atoms with Crippen molar-refractivity contribution < 1.29 is 37.4 Å². The van der Waals surface area contributed by atoms with Gasteiger partial charge in [0.25, 0.3) is 5.91 Å². The summed E-state index contributed by atoms with van der Waals surface area (Å²) in [5.74, 6) is -5.00. The van der Waals surface area contributed by atoms with Crippen molar-refractivity contribution in [3.05, 3.63) is 32.5 Å². The van der Waals surface area contributed by atoms with Gasteiger partial charge in [0, 0.05) is 17.7 Å². The quantitative estimate of drug-likeness (QED) is 0.278. The summed E-state index contributed by atoms with van der Waals surface area (Å²) < 4.78 is 36.5. The fraction of sp³-hybridized carbons (Fsp3) is 0.250. The number of nitrogens with zero attached hydrogens (tertiary/aromatic N) is 1. The number of ether oxygens (including phenoxy) is 2. The number of esters is 1. The van der Waals surface area contributed by atoms with Crippen molar-refractivity contribution in [1.29, 1.82) is 0 Å². The summed E-state index contributed by atoms with van der Waals surface area (Å²) >= 11 is 7.10. The van der Waals surface area contributed by atoms with Crippen LogP contribution in [-0.2, 0) is 25.7 Å². The van der Waals surface area contributed by atoms with E-state index in [1.165, 1.54) is 0 Å². The third-order valence-corrected chi connectivity index (χ3v) is 5.15. The predicted octanol–water partition coefficient (Wildman–Crippen LogP) is 4.17. The van der Waals surface area contributed by atoms with Crippen molar-refractivity contribution >= 4 is 57.9 Å². The number of halogens is 3. The lowest BCUT2D eigenvalue weighted by molar-refractivity contribution is -0.166. The molecule has 0 saturated carbocycles. The van der Waals surface area contributed by atoms with E-state index in [-0.39, 0.29) is 29.7 Å².